The largest absolute Gasteiger partial charge is 0.455 e. The molecule has 0 spiro atoms. The minimum Gasteiger partial charge on any atom is -0.455 e. The Bertz CT molecular complexity index is 1760. The topological polar surface area (TPSA) is 114 Å². The molecule has 1 fully saturated rings. The summed E-state index contributed by atoms with van der Waals surface area (Å²) in [5, 5.41) is 3.08. The molecule has 1 N–H and O–H groups in total. The Balaban J connectivity index is 1.24. The fourth-order valence-electron chi connectivity index (χ4n) is 4.66. The van der Waals surface area contributed by atoms with Crippen molar-refractivity contribution in [3.8, 4) is 11.5 Å². The van der Waals surface area contributed by atoms with Crippen molar-refractivity contribution in [1.82, 2.24) is 34.4 Å². The van der Waals surface area contributed by atoms with Crippen LogP contribution in [-0.4, -0.2) is 66.5 Å². The van der Waals surface area contributed by atoms with Gasteiger partial charge in [0, 0.05) is 45.4 Å². The second-order valence-corrected chi connectivity index (χ2v) is 9.47. The fourth-order valence-corrected chi connectivity index (χ4v) is 4.66. The first kappa shape index (κ1) is 25.2. The summed E-state index contributed by atoms with van der Waals surface area (Å²) in [6.45, 7) is 7.80. The predicted molar refractivity (Wildman–Crippen MR) is 149 cm³/mol. The first-order valence-electron chi connectivity index (χ1n) is 12.7. The quantitative estimate of drug-likeness (QED) is 0.318. The average Bonchev–Trinajstić information content (AvgIpc) is 3.35. The molecule has 6 rings (SSSR count). The van der Waals surface area contributed by atoms with Crippen molar-refractivity contribution in [2.45, 2.75) is 6.92 Å². The molecular formula is C28H26FN9O2. The number of fused-ring (bicyclic) bond motifs is 2. The van der Waals surface area contributed by atoms with Crippen LogP contribution in [0.2, 0.25) is 0 Å². The van der Waals surface area contributed by atoms with Gasteiger partial charge in [-0.3, -0.25) is 4.79 Å². The summed E-state index contributed by atoms with van der Waals surface area (Å²) in [6, 6.07) is 8.49. The van der Waals surface area contributed by atoms with Crippen LogP contribution in [-0.2, 0) is 11.8 Å². The maximum Gasteiger partial charge on any atom is 0.246 e. The number of amides is 1. The van der Waals surface area contributed by atoms with Crippen molar-refractivity contribution in [2.24, 2.45) is 7.05 Å². The minimum absolute atomic E-state index is 0.0781. The number of carbonyl (C=O) groups excluding carboxylic acids is 1. The molecule has 1 aromatic carbocycles. The number of halogens is 1. The number of aromatic nitrogens is 6. The third-order valence-corrected chi connectivity index (χ3v) is 6.83. The van der Waals surface area contributed by atoms with Crippen molar-refractivity contribution in [2.75, 3.05) is 36.4 Å². The molecule has 1 aliphatic rings. The van der Waals surface area contributed by atoms with E-state index in [1.165, 1.54) is 18.5 Å². The van der Waals surface area contributed by atoms with E-state index in [1.807, 2.05) is 30.7 Å². The number of nitrogens with one attached hydrogen (secondary N) is 1. The Morgan fingerprint density at radius 3 is 2.70 bits per heavy atom. The summed E-state index contributed by atoms with van der Waals surface area (Å²) < 4.78 is 23.0. The highest BCUT2D eigenvalue weighted by molar-refractivity contribution is 5.89. The molecule has 1 amide bonds. The molecule has 5 heterocycles. The Morgan fingerprint density at radius 1 is 1.07 bits per heavy atom. The van der Waals surface area contributed by atoms with E-state index in [0.29, 0.717) is 65.6 Å². The molecule has 5 aromatic rings. The van der Waals surface area contributed by atoms with Gasteiger partial charge in [0.15, 0.2) is 11.5 Å². The van der Waals surface area contributed by atoms with Crippen LogP contribution >= 0.6 is 0 Å². The highest BCUT2D eigenvalue weighted by atomic mass is 19.1. The lowest BCUT2D eigenvalue weighted by Crippen LogP contribution is -2.48. The highest BCUT2D eigenvalue weighted by Crippen LogP contribution is 2.32. The molecule has 0 atom stereocenters. The van der Waals surface area contributed by atoms with E-state index < -0.39 is 5.82 Å². The Kier molecular flexibility index (Phi) is 6.42. The van der Waals surface area contributed by atoms with Crippen LogP contribution in [0.15, 0.2) is 61.8 Å². The van der Waals surface area contributed by atoms with Crippen molar-refractivity contribution < 1.29 is 13.9 Å². The zero-order valence-electron chi connectivity index (χ0n) is 22.0. The van der Waals surface area contributed by atoms with Gasteiger partial charge in [-0.05, 0) is 36.8 Å². The van der Waals surface area contributed by atoms with E-state index in [0.717, 1.165) is 11.5 Å². The number of pyridine rings is 2. The van der Waals surface area contributed by atoms with E-state index in [4.69, 9.17) is 9.72 Å². The molecule has 40 heavy (non-hydrogen) atoms. The number of hydrogen-bond donors (Lipinski definition) is 1. The third kappa shape index (κ3) is 4.75. The molecule has 11 nitrogen and oxygen atoms in total. The normalized spacial score (nSPS) is 13.6. The monoisotopic (exact) mass is 539 g/mol. The number of ether oxygens (including phenoxy) is 1. The molecule has 202 valence electrons. The number of carbonyl (C=O) groups is 1. The molecule has 0 bridgehead atoms. The number of rotatable bonds is 6. The van der Waals surface area contributed by atoms with Gasteiger partial charge in [0.25, 0.3) is 0 Å². The molecule has 1 aliphatic heterocycles. The summed E-state index contributed by atoms with van der Waals surface area (Å²) in [7, 11) is 1.86. The molecule has 1 saturated heterocycles. The van der Waals surface area contributed by atoms with Gasteiger partial charge in [-0.15, -0.1) is 0 Å². The van der Waals surface area contributed by atoms with Gasteiger partial charge in [-0.2, -0.15) is 0 Å². The Labute approximate surface area is 229 Å². The lowest BCUT2D eigenvalue weighted by atomic mass is 10.2. The second kappa shape index (κ2) is 10.2. The van der Waals surface area contributed by atoms with E-state index in [-0.39, 0.29) is 11.6 Å². The molecule has 4 aromatic heterocycles. The standard InChI is InChI=1S/C28H26FN9O2/c1-4-25(39)38-9-7-37(8-10-38)24-6-5-20-26(35-24)27(32-15-31-20)34-21-11-17(2)23(13-19(21)29)40-18-12-22-28(30-14-18)36(3)16-33-22/h4-6,11-16H,1,7-10H2,2-3H3,(H,31,32,34). The molecular weight excluding hydrogens is 513 g/mol. The summed E-state index contributed by atoms with van der Waals surface area (Å²) in [5.41, 5.74) is 3.49. The SMILES string of the molecule is C=CC(=O)N1CCN(c2ccc3ncnc(Nc4cc(C)c(Oc5cnc6c(c5)ncn6C)cc4F)c3n2)CC1. The van der Waals surface area contributed by atoms with Crippen molar-refractivity contribution >= 4 is 45.4 Å². The van der Waals surface area contributed by atoms with E-state index >= 15 is 4.39 Å². The van der Waals surface area contributed by atoms with Crippen molar-refractivity contribution in [3.05, 3.63) is 73.2 Å². The number of piperazine rings is 1. The first-order valence-corrected chi connectivity index (χ1v) is 12.7. The molecule has 0 radical (unpaired) electrons. The number of anilines is 3. The Hall–Kier alpha value is -5.13. The first-order chi connectivity index (χ1) is 19.4. The molecule has 0 saturated carbocycles. The van der Waals surface area contributed by atoms with Gasteiger partial charge in [-0.25, -0.2) is 29.3 Å². The molecule has 0 aliphatic carbocycles. The zero-order chi connectivity index (χ0) is 27.8. The number of benzene rings is 1. The summed E-state index contributed by atoms with van der Waals surface area (Å²) in [5.74, 6) is 1.34. The number of aryl methyl sites for hydroxylation is 2. The van der Waals surface area contributed by atoms with Crippen LogP contribution in [0.4, 0.5) is 21.7 Å². The van der Waals surface area contributed by atoms with E-state index in [9.17, 15) is 4.79 Å². The smallest absolute Gasteiger partial charge is 0.246 e. The number of hydrogen-bond acceptors (Lipinski definition) is 9. The molecule has 12 heteroatoms. The lowest BCUT2D eigenvalue weighted by Gasteiger charge is -2.35. The van der Waals surface area contributed by atoms with Gasteiger partial charge < -0.3 is 24.4 Å². The van der Waals surface area contributed by atoms with Crippen LogP contribution < -0.4 is 15.0 Å². The van der Waals surface area contributed by atoms with E-state index in [1.54, 1.807) is 29.6 Å². The predicted octanol–water partition coefficient (Wildman–Crippen LogP) is 4.12. The van der Waals surface area contributed by atoms with Gasteiger partial charge >= 0.3 is 0 Å². The van der Waals surface area contributed by atoms with Gasteiger partial charge in [0.05, 0.1) is 23.7 Å². The van der Waals surface area contributed by atoms with Crippen LogP contribution in [0.25, 0.3) is 22.2 Å². The van der Waals surface area contributed by atoms with Crippen LogP contribution in [0.3, 0.4) is 0 Å². The average molecular weight is 540 g/mol. The van der Waals surface area contributed by atoms with Crippen LogP contribution in [0, 0.1) is 12.7 Å². The van der Waals surface area contributed by atoms with Crippen molar-refractivity contribution in [3.63, 3.8) is 0 Å². The molecule has 0 unspecified atom stereocenters. The fraction of sp³-hybridized carbons (Fsp3) is 0.214. The minimum atomic E-state index is -0.515. The maximum absolute atomic E-state index is 15.3. The van der Waals surface area contributed by atoms with Crippen LogP contribution in [0.5, 0.6) is 11.5 Å². The highest BCUT2D eigenvalue weighted by Gasteiger charge is 2.21. The second-order valence-electron chi connectivity index (χ2n) is 9.47. The van der Waals surface area contributed by atoms with Crippen LogP contribution in [0.1, 0.15) is 5.56 Å². The lowest BCUT2D eigenvalue weighted by molar-refractivity contribution is -0.126. The summed E-state index contributed by atoms with van der Waals surface area (Å²) in [6.07, 6.45) is 6.00. The number of nitrogens with zero attached hydrogens (tertiary/aromatic N) is 8. The maximum atomic E-state index is 15.3. The number of imidazole rings is 1. The van der Waals surface area contributed by atoms with Crippen molar-refractivity contribution in [1.29, 1.82) is 0 Å². The van der Waals surface area contributed by atoms with Gasteiger partial charge in [-0.1, -0.05) is 6.58 Å². The Morgan fingerprint density at radius 2 is 1.90 bits per heavy atom. The zero-order valence-corrected chi connectivity index (χ0v) is 22.0. The third-order valence-electron chi connectivity index (χ3n) is 6.83. The summed E-state index contributed by atoms with van der Waals surface area (Å²) in [4.78, 5) is 37.9. The summed E-state index contributed by atoms with van der Waals surface area (Å²) >= 11 is 0. The van der Waals surface area contributed by atoms with Gasteiger partial charge in [0.2, 0.25) is 5.91 Å². The van der Waals surface area contributed by atoms with E-state index in [2.05, 4.69) is 36.7 Å². The van der Waals surface area contributed by atoms with Gasteiger partial charge in [0.1, 0.15) is 40.5 Å².